The molecular formula is C16H22N2O. The zero-order valence-electron chi connectivity index (χ0n) is 12.4. The molecule has 0 saturated carbocycles. The third-order valence-electron chi connectivity index (χ3n) is 3.93. The molecule has 2 rings (SSSR count). The zero-order valence-corrected chi connectivity index (χ0v) is 12.4. The molecule has 0 aromatic heterocycles. The number of rotatable bonds is 2. The van der Waals surface area contributed by atoms with Gasteiger partial charge in [-0.1, -0.05) is 18.2 Å². The van der Waals surface area contributed by atoms with Gasteiger partial charge in [0, 0.05) is 12.1 Å². The quantitative estimate of drug-likeness (QED) is 0.880. The lowest BCUT2D eigenvalue weighted by molar-refractivity contribution is -0.0713. The lowest BCUT2D eigenvalue weighted by atomic mass is 9.80. The van der Waals surface area contributed by atoms with Gasteiger partial charge in [-0.3, -0.25) is 0 Å². The SMILES string of the molecule is Cc1ccccc1NC1(C#N)CC(C)(C)OC1(C)C. The smallest absolute Gasteiger partial charge is 0.156 e. The minimum Gasteiger partial charge on any atom is -0.366 e. The normalized spacial score (nSPS) is 27.8. The van der Waals surface area contributed by atoms with E-state index in [-0.39, 0.29) is 5.60 Å². The number of nitriles is 1. The van der Waals surface area contributed by atoms with Crippen molar-refractivity contribution >= 4 is 5.69 Å². The van der Waals surface area contributed by atoms with Crippen molar-refractivity contribution in [1.82, 2.24) is 0 Å². The van der Waals surface area contributed by atoms with Crippen LogP contribution in [0.15, 0.2) is 24.3 Å². The summed E-state index contributed by atoms with van der Waals surface area (Å²) in [7, 11) is 0. The van der Waals surface area contributed by atoms with Gasteiger partial charge in [0.25, 0.3) is 0 Å². The van der Waals surface area contributed by atoms with E-state index in [1.165, 1.54) is 0 Å². The van der Waals surface area contributed by atoms with E-state index in [4.69, 9.17) is 4.74 Å². The van der Waals surface area contributed by atoms with Gasteiger partial charge in [-0.05, 0) is 46.2 Å². The Morgan fingerprint density at radius 2 is 1.84 bits per heavy atom. The Labute approximate surface area is 115 Å². The Kier molecular flexibility index (Phi) is 3.10. The van der Waals surface area contributed by atoms with E-state index in [0.717, 1.165) is 11.3 Å². The number of para-hydroxylation sites is 1. The summed E-state index contributed by atoms with van der Waals surface area (Å²) in [6.07, 6.45) is 0.665. The molecule has 1 saturated heterocycles. The van der Waals surface area contributed by atoms with Crippen LogP contribution in [0.4, 0.5) is 5.69 Å². The average molecular weight is 258 g/mol. The highest BCUT2D eigenvalue weighted by Gasteiger charge is 2.58. The summed E-state index contributed by atoms with van der Waals surface area (Å²) in [6, 6.07) is 10.5. The molecule has 1 fully saturated rings. The Hall–Kier alpha value is -1.53. The average Bonchev–Trinajstić information content (AvgIpc) is 2.47. The first-order valence-corrected chi connectivity index (χ1v) is 6.67. The van der Waals surface area contributed by atoms with Crippen LogP contribution in [-0.4, -0.2) is 16.7 Å². The van der Waals surface area contributed by atoms with Gasteiger partial charge >= 0.3 is 0 Å². The molecule has 0 aliphatic carbocycles. The summed E-state index contributed by atoms with van der Waals surface area (Å²) in [5, 5.41) is 13.2. The molecule has 1 aliphatic rings. The van der Waals surface area contributed by atoms with E-state index in [1.807, 2.05) is 58.9 Å². The molecule has 1 aliphatic heterocycles. The molecule has 102 valence electrons. The summed E-state index contributed by atoms with van der Waals surface area (Å²) < 4.78 is 6.07. The third-order valence-corrected chi connectivity index (χ3v) is 3.93. The van der Waals surface area contributed by atoms with Gasteiger partial charge in [0.2, 0.25) is 0 Å². The molecule has 0 radical (unpaired) electrons. The fraction of sp³-hybridized carbons (Fsp3) is 0.562. The maximum Gasteiger partial charge on any atom is 0.156 e. The second-order valence-electron chi connectivity index (χ2n) is 6.51. The number of hydrogen-bond donors (Lipinski definition) is 1. The van der Waals surface area contributed by atoms with E-state index >= 15 is 0 Å². The molecule has 0 amide bonds. The summed E-state index contributed by atoms with van der Waals surface area (Å²) in [5.74, 6) is 0. The standard InChI is InChI=1S/C16H22N2O/c1-12-8-6-7-9-13(12)18-16(11-17)10-14(2,3)19-15(16,4)5/h6-9,18H,10H2,1-5H3. The predicted octanol–water partition coefficient (Wildman–Crippen LogP) is 3.65. The molecule has 0 bridgehead atoms. The molecule has 3 heteroatoms. The topological polar surface area (TPSA) is 45.0 Å². The Morgan fingerprint density at radius 1 is 1.21 bits per heavy atom. The summed E-state index contributed by atoms with van der Waals surface area (Å²) in [6.45, 7) is 10.1. The van der Waals surface area contributed by atoms with E-state index in [0.29, 0.717) is 6.42 Å². The Bertz CT molecular complexity index is 528. The Balaban J connectivity index is 2.41. The largest absolute Gasteiger partial charge is 0.366 e. The molecule has 19 heavy (non-hydrogen) atoms. The lowest BCUT2D eigenvalue weighted by Gasteiger charge is -2.35. The molecule has 1 aromatic rings. The molecule has 1 unspecified atom stereocenters. The number of hydrogen-bond acceptors (Lipinski definition) is 3. The molecule has 1 aromatic carbocycles. The molecule has 0 spiro atoms. The van der Waals surface area contributed by atoms with Gasteiger partial charge in [0.1, 0.15) is 0 Å². The van der Waals surface area contributed by atoms with Crippen LogP contribution in [0.25, 0.3) is 0 Å². The second kappa shape index (κ2) is 4.25. The molecule has 1 N–H and O–H groups in total. The van der Waals surface area contributed by atoms with Crippen LogP contribution < -0.4 is 5.32 Å². The minimum atomic E-state index is -0.706. The number of ether oxygens (including phenoxy) is 1. The van der Waals surface area contributed by atoms with Crippen LogP contribution >= 0.6 is 0 Å². The summed E-state index contributed by atoms with van der Waals surface area (Å²) in [4.78, 5) is 0. The number of nitrogens with zero attached hydrogens (tertiary/aromatic N) is 1. The van der Waals surface area contributed by atoms with Gasteiger partial charge in [-0.15, -0.1) is 0 Å². The van der Waals surface area contributed by atoms with Crippen molar-refractivity contribution in [2.45, 2.75) is 57.8 Å². The van der Waals surface area contributed by atoms with Crippen LogP contribution in [0.2, 0.25) is 0 Å². The number of nitrogens with one attached hydrogen (secondary N) is 1. The van der Waals surface area contributed by atoms with Crippen LogP contribution in [0.3, 0.4) is 0 Å². The maximum atomic E-state index is 9.74. The number of benzene rings is 1. The Morgan fingerprint density at radius 3 is 2.32 bits per heavy atom. The highest BCUT2D eigenvalue weighted by atomic mass is 16.5. The molecular weight excluding hydrogens is 236 g/mol. The summed E-state index contributed by atoms with van der Waals surface area (Å²) in [5.41, 5.74) is 0.599. The number of aryl methyl sites for hydroxylation is 1. The second-order valence-corrected chi connectivity index (χ2v) is 6.51. The highest BCUT2D eigenvalue weighted by molar-refractivity contribution is 5.55. The van der Waals surface area contributed by atoms with E-state index in [1.54, 1.807) is 0 Å². The highest BCUT2D eigenvalue weighted by Crippen LogP contribution is 2.46. The zero-order chi connectivity index (χ0) is 14.3. The first-order chi connectivity index (χ1) is 8.71. The van der Waals surface area contributed by atoms with Crippen molar-refractivity contribution in [2.24, 2.45) is 0 Å². The predicted molar refractivity (Wildman–Crippen MR) is 77.0 cm³/mol. The van der Waals surface area contributed by atoms with E-state index < -0.39 is 11.1 Å². The van der Waals surface area contributed by atoms with Crippen molar-refractivity contribution < 1.29 is 4.74 Å². The van der Waals surface area contributed by atoms with Gasteiger partial charge in [-0.25, -0.2) is 0 Å². The van der Waals surface area contributed by atoms with Crippen molar-refractivity contribution in [3.8, 4) is 6.07 Å². The van der Waals surface area contributed by atoms with Crippen LogP contribution in [0.5, 0.6) is 0 Å². The lowest BCUT2D eigenvalue weighted by Crippen LogP contribution is -2.51. The van der Waals surface area contributed by atoms with Crippen LogP contribution in [0.1, 0.15) is 39.7 Å². The third kappa shape index (κ3) is 2.33. The first-order valence-electron chi connectivity index (χ1n) is 6.67. The van der Waals surface area contributed by atoms with Gasteiger partial charge in [-0.2, -0.15) is 5.26 Å². The van der Waals surface area contributed by atoms with Crippen molar-refractivity contribution in [3.05, 3.63) is 29.8 Å². The minimum absolute atomic E-state index is 0.297. The molecule has 1 heterocycles. The van der Waals surface area contributed by atoms with Crippen LogP contribution in [0, 0.1) is 18.3 Å². The van der Waals surface area contributed by atoms with Gasteiger partial charge in [0.15, 0.2) is 5.54 Å². The van der Waals surface area contributed by atoms with Gasteiger partial charge in [0.05, 0.1) is 17.3 Å². The first kappa shape index (κ1) is 13.9. The van der Waals surface area contributed by atoms with Crippen molar-refractivity contribution in [1.29, 1.82) is 5.26 Å². The fourth-order valence-corrected chi connectivity index (χ4v) is 3.01. The summed E-state index contributed by atoms with van der Waals surface area (Å²) >= 11 is 0. The monoisotopic (exact) mass is 258 g/mol. The van der Waals surface area contributed by atoms with Gasteiger partial charge < -0.3 is 10.1 Å². The molecule has 1 atom stereocenters. The maximum absolute atomic E-state index is 9.74. The van der Waals surface area contributed by atoms with Crippen molar-refractivity contribution in [3.63, 3.8) is 0 Å². The van der Waals surface area contributed by atoms with Crippen molar-refractivity contribution in [2.75, 3.05) is 5.32 Å². The fourth-order valence-electron chi connectivity index (χ4n) is 3.01. The van der Waals surface area contributed by atoms with Crippen LogP contribution in [-0.2, 0) is 4.74 Å². The number of anilines is 1. The van der Waals surface area contributed by atoms with E-state index in [2.05, 4.69) is 11.4 Å². The van der Waals surface area contributed by atoms with E-state index in [9.17, 15) is 5.26 Å². The molecule has 3 nitrogen and oxygen atoms in total.